The summed E-state index contributed by atoms with van der Waals surface area (Å²) >= 11 is 0. The van der Waals surface area contributed by atoms with E-state index in [-0.39, 0.29) is 5.82 Å². The van der Waals surface area contributed by atoms with Crippen molar-refractivity contribution in [1.29, 1.82) is 0 Å². The van der Waals surface area contributed by atoms with E-state index in [1.54, 1.807) is 12.1 Å². The summed E-state index contributed by atoms with van der Waals surface area (Å²) in [5, 5.41) is 1.32. The van der Waals surface area contributed by atoms with Crippen molar-refractivity contribution in [1.82, 2.24) is 4.98 Å². The molecule has 3 aromatic carbocycles. The molecule has 1 aromatic heterocycles. The molecule has 0 radical (unpaired) electrons. The van der Waals surface area contributed by atoms with Crippen molar-refractivity contribution in [3.8, 4) is 5.75 Å². The van der Waals surface area contributed by atoms with E-state index in [0.717, 1.165) is 42.0 Å². The highest BCUT2D eigenvalue weighted by molar-refractivity contribution is 5.84. The molecule has 0 N–H and O–H groups in total. The number of nitrogens with zero attached hydrogens (tertiary/aromatic N) is 1. The maximum Gasteiger partial charge on any atom is 0.422 e. The van der Waals surface area contributed by atoms with Crippen LogP contribution in [0, 0.1) is 11.6 Å². The highest BCUT2D eigenvalue weighted by atomic mass is 19.4. The van der Waals surface area contributed by atoms with Crippen LogP contribution >= 0.6 is 0 Å². The van der Waals surface area contributed by atoms with Crippen LogP contribution in [0.1, 0.15) is 34.9 Å². The minimum absolute atomic E-state index is 0.318. The first-order valence-electron chi connectivity index (χ1n) is 11.8. The Hall–Kier alpha value is -3.48. The average molecular weight is 500 g/mol. The second-order valence-corrected chi connectivity index (χ2v) is 8.77. The highest BCUT2D eigenvalue weighted by Gasteiger charge is 2.29. The van der Waals surface area contributed by atoms with Gasteiger partial charge in [0.05, 0.1) is 0 Å². The van der Waals surface area contributed by atoms with E-state index in [2.05, 4.69) is 22.7 Å². The van der Waals surface area contributed by atoms with Crippen LogP contribution in [0.15, 0.2) is 66.9 Å². The van der Waals surface area contributed by atoms with E-state index >= 15 is 4.39 Å². The molecule has 36 heavy (non-hydrogen) atoms. The molecule has 0 aliphatic rings. The van der Waals surface area contributed by atoms with Gasteiger partial charge in [-0.15, -0.1) is 0 Å². The molecule has 0 atom stereocenters. The smallest absolute Gasteiger partial charge is 0.422 e. The van der Waals surface area contributed by atoms with Crippen molar-refractivity contribution < 1.29 is 26.7 Å². The molecule has 188 valence electrons. The first-order valence-corrected chi connectivity index (χ1v) is 11.8. The summed E-state index contributed by atoms with van der Waals surface area (Å²) in [6.45, 7) is 0.532. The number of alkyl halides is 3. The third-order valence-electron chi connectivity index (χ3n) is 6.13. The number of pyridine rings is 1. The Balaban J connectivity index is 1.39. The van der Waals surface area contributed by atoms with Gasteiger partial charge in [-0.2, -0.15) is 13.2 Å². The fourth-order valence-electron chi connectivity index (χ4n) is 4.08. The molecule has 0 aliphatic heterocycles. The monoisotopic (exact) mass is 499 g/mol. The quantitative estimate of drug-likeness (QED) is 0.221. The predicted molar refractivity (Wildman–Crippen MR) is 130 cm³/mol. The van der Waals surface area contributed by atoms with Crippen LogP contribution in [0.25, 0.3) is 10.8 Å². The van der Waals surface area contributed by atoms with Crippen LogP contribution in [-0.2, 0) is 32.1 Å². The van der Waals surface area contributed by atoms with Gasteiger partial charge in [0.2, 0.25) is 0 Å². The first-order chi connectivity index (χ1) is 17.2. The Morgan fingerprint density at radius 2 is 1.50 bits per heavy atom. The number of fused-ring (bicyclic) bond motifs is 1. The van der Waals surface area contributed by atoms with Crippen molar-refractivity contribution in [3.63, 3.8) is 0 Å². The van der Waals surface area contributed by atoms with Crippen molar-refractivity contribution in [2.24, 2.45) is 0 Å². The topological polar surface area (TPSA) is 22.1 Å². The fraction of sp³-hybridized carbons (Fsp3) is 0.276. The van der Waals surface area contributed by atoms with Gasteiger partial charge in [0.15, 0.2) is 18.2 Å². The summed E-state index contributed by atoms with van der Waals surface area (Å²) in [5.41, 5.74) is 4.35. The van der Waals surface area contributed by atoms with Gasteiger partial charge in [-0.3, -0.25) is 4.98 Å². The molecule has 0 fully saturated rings. The van der Waals surface area contributed by atoms with Crippen molar-refractivity contribution >= 4 is 10.8 Å². The largest absolute Gasteiger partial charge is 0.481 e. The van der Waals surface area contributed by atoms with Gasteiger partial charge in [0.1, 0.15) is 5.82 Å². The molecule has 4 aromatic rings. The summed E-state index contributed by atoms with van der Waals surface area (Å²) in [5.74, 6) is -1.65. The van der Waals surface area contributed by atoms with E-state index in [1.807, 2.05) is 30.5 Å². The van der Waals surface area contributed by atoms with Gasteiger partial charge in [0.25, 0.3) is 0 Å². The van der Waals surface area contributed by atoms with Gasteiger partial charge in [-0.25, -0.2) is 8.78 Å². The van der Waals surface area contributed by atoms with E-state index < -0.39 is 24.3 Å². The lowest BCUT2D eigenvalue weighted by atomic mass is 9.97. The summed E-state index contributed by atoms with van der Waals surface area (Å²) in [7, 11) is 0. The minimum atomic E-state index is -4.54. The SMILES string of the molecule is CCc1ccc(CCc2ccc3c(F)c(CCc4ccc(OCC(F)(F)F)c(F)c4)ccc3c2)nc1. The van der Waals surface area contributed by atoms with Crippen molar-refractivity contribution in [2.45, 2.75) is 45.2 Å². The van der Waals surface area contributed by atoms with Crippen molar-refractivity contribution in [3.05, 3.63) is 106 Å². The second-order valence-electron chi connectivity index (χ2n) is 8.77. The van der Waals surface area contributed by atoms with Crippen LogP contribution in [-0.4, -0.2) is 17.8 Å². The number of hydrogen-bond acceptors (Lipinski definition) is 2. The molecule has 1 heterocycles. The van der Waals surface area contributed by atoms with Gasteiger partial charge < -0.3 is 4.74 Å². The summed E-state index contributed by atoms with van der Waals surface area (Å²) < 4.78 is 70.6. The zero-order chi connectivity index (χ0) is 25.7. The molecule has 2 nitrogen and oxygen atoms in total. The van der Waals surface area contributed by atoms with Gasteiger partial charge in [0, 0.05) is 17.3 Å². The van der Waals surface area contributed by atoms with E-state index in [9.17, 15) is 17.6 Å². The number of halogens is 5. The first kappa shape index (κ1) is 25.6. The lowest BCUT2D eigenvalue weighted by molar-refractivity contribution is -0.153. The Kier molecular flexibility index (Phi) is 7.87. The minimum Gasteiger partial charge on any atom is -0.481 e. The Morgan fingerprint density at radius 3 is 2.19 bits per heavy atom. The van der Waals surface area contributed by atoms with E-state index in [4.69, 9.17) is 0 Å². The second kappa shape index (κ2) is 11.1. The maximum atomic E-state index is 15.2. The highest BCUT2D eigenvalue weighted by Crippen LogP contribution is 2.26. The van der Waals surface area contributed by atoms with Crippen LogP contribution < -0.4 is 4.74 Å². The zero-order valence-corrected chi connectivity index (χ0v) is 19.8. The standard InChI is InChI=1S/C29H26F5NO/c1-2-19-4-11-24(35-17-19)12-5-20-6-13-25-23(15-20)10-9-22(28(25)31)8-3-21-7-14-27(26(30)16-21)36-18-29(32,33)34/h4,6-7,9-11,13-17H,2-3,5,8,12,18H2,1H3. The Bertz CT molecular complexity index is 1330. The molecule has 0 aliphatic carbocycles. The fourth-order valence-corrected chi connectivity index (χ4v) is 4.08. The number of aryl methyl sites for hydroxylation is 5. The summed E-state index contributed by atoms with van der Waals surface area (Å²) in [6.07, 6.45) is 0.564. The van der Waals surface area contributed by atoms with Gasteiger partial charge in [-0.1, -0.05) is 49.4 Å². The van der Waals surface area contributed by atoms with Gasteiger partial charge >= 0.3 is 6.18 Å². The average Bonchev–Trinajstić information content (AvgIpc) is 2.86. The molecule has 0 saturated carbocycles. The molecular weight excluding hydrogens is 473 g/mol. The lowest BCUT2D eigenvalue weighted by Gasteiger charge is -2.11. The van der Waals surface area contributed by atoms with Crippen molar-refractivity contribution in [2.75, 3.05) is 6.61 Å². The molecule has 0 saturated heterocycles. The lowest BCUT2D eigenvalue weighted by Crippen LogP contribution is -2.19. The normalized spacial score (nSPS) is 11.7. The predicted octanol–water partition coefficient (Wildman–Crippen LogP) is 7.59. The molecule has 0 bridgehead atoms. The molecular formula is C29H26F5NO. The van der Waals surface area contributed by atoms with Crippen LogP contribution in [0.3, 0.4) is 0 Å². The molecule has 0 unspecified atom stereocenters. The number of rotatable bonds is 9. The molecule has 4 rings (SSSR count). The van der Waals surface area contributed by atoms with E-state index in [0.29, 0.717) is 29.4 Å². The number of hydrogen-bond donors (Lipinski definition) is 0. The third kappa shape index (κ3) is 6.59. The van der Waals surface area contributed by atoms with Gasteiger partial charge in [-0.05, 0) is 77.9 Å². The Labute approximate surface area is 206 Å². The maximum absolute atomic E-state index is 15.2. The number of aromatic nitrogens is 1. The Morgan fingerprint density at radius 1 is 0.778 bits per heavy atom. The molecule has 0 spiro atoms. The van der Waals surface area contributed by atoms with Crippen LogP contribution in [0.5, 0.6) is 5.75 Å². The molecule has 7 heteroatoms. The summed E-state index contributed by atoms with van der Waals surface area (Å²) in [4.78, 5) is 4.49. The summed E-state index contributed by atoms with van der Waals surface area (Å²) in [6, 6.07) is 17.2. The zero-order valence-electron chi connectivity index (χ0n) is 19.8. The van der Waals surface area contributed by atoms with Crippen LogP contribution in [0.2, 0.25) is 0 Å². The van der Waals surface area contributed by atoms with E-state index in [1.165, 1.54) is 17.7 Å². The molecule has 0 amide bonds. The number of ether oxygens (including phenoxy) is 1. The third-order valence-corrected chi connectivity index (χ3v) is 6.13. The van der Waals surface area contributed by atoms with Crippen LogP contribution in [0.4, 0.5) is 22.0 Å². The number of benzene rings is 3.